The van der Waals surface area contributed by atoms with Crippen molar-refractivity contribution in [3.63, 3.8) is 0 Å². The van der Waals surface area contributed by atoms with E-state index in [1.807, 2.05) is 0 Å². The number of benzene rings is 2. The molecule has 0 saturated heterocycles. The molecule has 3 aromatic rings. The summed E-state index contributed by atoms with van der Waals surface area (Å²) in [5, 5.41) is 3.98. The Labute approximate surface area is 148 Å². The molecule has 6 heteroatoms. The maximum Gasteiger partial charge on any atom is 0.263 e. The largest absolute Gasteiger partial charge is 0.348 e. The van der Waals surface area contributed by atoms with Gasteiger partial charge in [0.15, 0.2) is 0 Å². The fourth-order valence-electron chi connectivity index (χ4n) is 2.86. The number of hydrogen-bond acceptors (Lipinski definition) is 2. The lowest BCUT2D eigenvalue weighted by Gasteiger charge is -2.13. The molecule has 4 nitrogen and oxygen atoms in total. The van der Waals surface area contributed by atoms with Crippen LogP contribution in [0.25, 0.3) is 10.9 Å². The van der Waals surface area contributed by atoms with Gasteiger partial charge in [0.2, 0.25) is 0 Å². The molecule has 3 rings (SSSR count). The molecule has 0 unspecified atom stereocenters. The second-order valence-electron chi connectivity index (χ2n) is 5.84. The van der Waals surface area contributed by atoms with Gasteiger partial charge in [-0.1, -0.05) is 29.8 Å². The minimum atomic E-state index is -0.487. The van der Waals surface area contributed by atoms with Crippen molar-refractivity contribution in [1.29, 1.82) is 0 Å². The smallest absolute Gasteiger partial charge is 0.263 e. The lowest BCUT2D eigenvalue weighted by molar-refractivity contribution is 0.0948. The average Bonchev–Trinajstić information content (AvgIpc) is 2.58. The van der Waals surface area contributed by atoms with Crippen LogP contribution in [0.4, 0.5) is 4.39 Å². The summed E-state index contributed by atoms with van der Waals surface area (Å²) in [4.78, 5) is 25.2. The Balaban J connectivity index is 1.99. The number of rotatable bonds is 3. The summed E-state index contributed by atoms with van der Waals surface area (Å²) in [6.45, 7) is 1.87. The average molecular weight is 359 g/mol. The van der Waals surface area contributed by atoms with Gasteiger partial charge >= 0.3 is 0 Å². The van der Waals surface area contributed by atoms with Crippen molar-refractivity contribution in [3.8, 4) is 0 Å². The molecular formula is C19H16ClFN2O2. The topological polar surface area (TPSA) is 51.1 Å². The normalized spacial score (nSPS) is 10.9. The second-order valence-corrected chi connectivity index (χ2v) is 6.27. The second kappa shape index (κ2) is 6.69. The summed E-state index contributed by atoms with van der Waals surface area (Å²) >= 11 is 6.00. The zero-order valence-electron chi connectivity index (χ0n) is 13.8. The maximum atomic E-state index is 13.2. The Morgan fingerprint density at radius 3 is 2.72 bits per heavy atom. The van der Waals surface area contributed by atoms with E-state index in [0.717, 1.165) is 5.39 Å². The molecule has 1 N–H and O–H groups in total. The molecule has 0 aliphatic carbocycles. The predicted molar refractivity (Wildman–Crippen MR) is 96.5 cm³/mol. The summed E-state index contributed by atoms with van der Waals surface area (Å²) in [7, 11) is 1.60. The summed E-state index contributed by atoms with van der Waals surface area (Å²) in [5.41, 5.74) is 1.55. The number of aromatic nitrogens is 1. The van der Waals surface area contributed by atoms with Gasteiger partial charge in [0, 0.05) is 24.0 Å². The molecule has 0 aliphatic heterocycles. The summed E-state index contributed by atoms with van der Waals surface area (Å²) in [5.74, 6) is -0.861. The van der Waals surface area contributed by atoms with E-state index in [-0.39, 0.29) is 17.9 Å². The molecule has 0 atom stereocenters. The van der Waals surface area contributed by atoms with Gasteiger partial charge in [0.05, 0.1) is 5.52 Å². The molecule has 128 valence electrons. The van der Waals surface area contributed by atoms with Crippen molar-refractivity contribution in [2.45, 2.75) is 13.5 Å². The van der Waals surface area contributed by atoms with Crippen molar-refractivity contribution in [1.82, 2.24) is 9.88 Å². The van der Waals surface area contributed by atoms with Crippen molar-refractivity contribution >= 4 is 28.4 Å². The highest BCUT2D eigenvalue weighted by Crippen LogP contribution is 2.22. The molecule has 0 bridgehead atoms. The number of carbonyl (C=O) groups is 1. The van der Waals surface area contributed by atoms with E-state index >= 15 is 0 Å². The highest BCUT2D eigenvalue weighted by atomic mass is 35.5. The Morgan fingerprint density at radius 1 is 1.24 bits per heavy atom. The van der Waals surface area contributed by atoms with Crippen LogP contribution in [-0.4, -0.2) is 10.5 Å². The van der Waals surface area contributed by atoms with Gasteiger partial charge in [-0.3, -0.25) is 9.59 Å². The number of aryl methyl sites for hydroxylation is 2. The fourth-order valence-corrected chi connectivity index (χ4v) is 3.02. The van der Waals surface area contributed by atoms with Crippen LogP contribution in [0.5, 0.6) is 0 Å². The van der Waals surface area contributed by atoms with Crippen LogP contribution in [0, 0.1) is 12.7 Å². The molecule has 1 amide bonds. The number of hydrogen-bond donors (Lipinski definition) is 1. The molecule has 0 aliphatic rings. The Morgan fingerprint density at radius 2 is 2.00 bits per heavy atom. The maximum absolute atomic E-state index is 13.2. The number of halogens is 2. The number of pyridine rings is 1. The minimum absolute atomic E-state index is 0.0775. The highest BCUT2D eigenvalue weighted by molar-refractivity contribution is 6.31. The number of fused-ring (bicyclic) bond motifs is 1. The minimum Gasteiger partial charge on any atom is -0.348 e. The van der Waals surface area contributed by atoms with Crippen molar-refractivity contribution in [2.24, 2.45) is 7.05 Å². The summed E-state index contributed by atoms with van der Waals surface area (Å²) in [6.07, 6.45) is 0. The third-order valence-corrected chi connectivity index (χ3v) is 4.42. The van der Waals surface area contributed by atoms with Crippen LogP contribution >= 0.6 is 11.6 Å². The molecule has 2 aromatic carbocycles. The monoisotopic (exact) mass is 358 g/mol. The van der Waals surface area contributed by atoms with E-state index in [0.29, 0.717) is 21.7 Å². The first kappa shape index (κ1) is 17.2. The molecule has 0 fully saturated rings. The number of nitrogens with one attached hydrogen (secondary N) is 1. The van der Waals surface area contributed by atoms with E-state index < -0.39 is 11.5 Å². The Kier molecular flexibility index (Phi) is 4.59. The molecule has 0 spiro atoms. The molecule has 0 saturated carbocycles. The first-order valence-electron chi connectivity index (χ1n) is 7.70. The van der Waals surface area contributed by atoms with Gasteiger partial charge in [-0.15, -0.1) is 0 Å². The van der Waals surface area contributed by atoms with E-state index in [9.17, 15) is 14.0 Å². The van der Waals surface area contributed by atoms with Crippen LogP contribution in [-0.2, 0) is 13.6 Å². The van der Waals surface area contributed by atoms with Gasteiger partial charge in [-0.2, -0.15) is 0 Å². The van der Waals surface area contributed by atoms with Gasteiger partial charge in [-0.25, -0.2) is 4.39 Å². The lowest BCUT2D eigenvalue weighted by Crippen LogP contribution is -2.33. The molecule has 25 heavy (non-hydrogen) atoms. The van der Waals surface area contributed by atoms with E-state index in [1.54, 1.807) is 44.3 Å². The zero-order valence-corrected chi connectivity index (χ0v) is 14.5. The van der Waals surface area contributed by atoms with Crippen LogP contribution in [0.1, 0.15) is 21.5 Å². The first-order valence-corrected chi connectivity index (χ1v) is 8.08. The lowest BCUT2D eigenvalue weighted by atomic mass is 10.0. The van der Waals surface area contributed by atoms with Crippen LogP contribution in [0.2, 0.25) is 5.02 Å². The highest BCUT2D eigenvalue weighted by Gasteiger charge is 2.18. The van der Waals surface area contributed by atoms with Crippen LogP contribution in [0.3, 0.4) is 0 Å². The van der Waals surface area contributed by atoms with Gasteiger partial charge in [-0.05, 0) is 42.3 Å². The SMILES string of the molecule is Cc1c(C(=O)NCc2cccc(F)c2)c(=O)n(C)c2cc(Cl)ccc12. The van der Waals surface area contributed by atoms with Crippen molar-refractivity contribution < 1.29 is 9.18 Å². The standard InChI is InChI=1S/C19H16ClFN2O2/c1-11-15-7-6-13(20)9-16(15)23(2)19(25)17(11)18(24)22-10-12-4-3-5-14(21)8-12/h3-9H,10H2,1-2H3,(H,22,24). The van der Waals surface area contributed by atoms with Gasteiger partial charge < -0.3 is 9.88 Å². The van der Waals surface area contributed by atoms with E-state index in [1.165, 1.54) is 16.7 Å². The molecule has 1 heterocycles. The number of nitrogens with zero attached hydrogens (tertiary/aromatic N) is 1. The Hall–Kier alpha value is -2.66. The number of carbonyl (C=O) groups excluding carboxylic acids is 1. The third kappa shape index (κ3) is 3.28. The Bertz CT molecular complexity index is 1040. The third-order valence-electron chi connectivity index (χ3n) is 4.19. The predicted octanol–water partition coefficient (Wildman–Crippen LogP) is 3.57. The first-order chi connectivity index (χ1) is 11.9. The van der Waals surface area contributed by atoms with E-state index in [4.69, 9.17) is 11.6 Å². The summed E-state index contributed by atoms with van der Waals surface area (Å²) < 4.78 is 14.6. The molecule has 1 aromatic heterocycles. The molecular weight excluding hydrogens is 343 g/mol. The van der Waals surface area contributed by atoms with Gasteiger partial charge in [0.1, 0.15) is 11.4 Å². The van der Waals surface area contributed by atoms with E-state index in [2.05, 4.69) is 5.32 Å². The van der Waals surface area contributed by atoms with Crippen LogP contribution in [0.15, 0.2) is 47.3 Å². The number of amides is 1. The van der Waals surface area contributed by atoms with Crippen molar-refractivity contribution in [3.05, 3.63) is 80.3 Å². The van der Waals surface area contributed by atoms with Crippen LogP contribution < -0.4 is 10.9 Å². The molecule has 0 radical (unpaired) electrons. The van der Waals surface area contributed by atoms with Crippen molar-refractivity contribution in [2.75, 3.05) is 0 Å². The quantitative estimate of drug-likeness (QED) is 0.778. The van der Waals surface area contributed by atoms with Gasteiger partial charge in [0.25, 0.3) is 11.5 Å². The zero-order chi connectivity index (χ0) is 18.1. The fraction of sp³-hybridized carbons (Fsp3) is 0.158. The summed E-state index contributed by atoms with van der Waals surface area (Å²) in [6, 6.07) is 11.1.